The number of hydrogen-bond donors (Lipinski definition) is 2. The highest BCUT2D eigenvalue weighted by molar-refractivity contribution is 5.90. The summed E-state index contributed by atoms with van der Waals surface area (Å²) >= 11 is 0. The van der Waals surface area contributed by atoms with Gasteiger partial charge in [0.15, 0.2) is 24.6 Å². The Bertz CT molecular complexity index is 1230. The Morgan fingerprint density at radius 2 is 1.18 bits per heavy atom. The second-order valence-electron chi connectivity index (χ2n) is 8.40. The monoisotopic (exact) mass is 522 g/mol. The van der Waals surface area contributed by atoms with Gasteiger partial charge in [-0.2, -0.15) is 0 Å². The largest absolute Gasteiger partial charge is 0.459 e. The van der Waals surface area contributed by atoms with E-state index in [1.807, 2.05) is 0 Å². The third kappa shape index (κ3) is 6.06. The minimum Gasteiger partial charge on any atom is -0.459 e. The zero-order chi connectivity index (χ0) is 27.1. The lowest BCUT2D eigenvalue weighted by Gasteiger charge is -2.46. The van der Waals surface area contributed by atoms with Crippen molar-refractivity contribution < 1.29 is 48.3 Å². The number of benzene rings is 3. The van der Waals surface area contributed by atoms with Crippen LogP contribution in [0, 0.1) is 0 Å². The van der Waals surface area contributed by atoms with Gasteiger partial charge in [0, 0.05) is 7.11 Å². The minimum atomic E-state index is -2.96. The van der Waals surface area contributed by atoms with Gasteiger partial charge < -0.3 is 33.9 Å². The van der Waals surface area contributed by atoms with Crippen LogP contribution in [0.1, 0.15) is 31.1 Å². The van der Waals surface area contributed by atoms with E-state index in [0.29, 0.717) is 0 Å². The van der Waals surface area contributed by atoms with E-state index < -0.39 is 54.9 Å². The van der Waals surface area contributed by atoms with E-state index in [2.05, 4.69) is 0 Å². The molecule has 0 bridgehead atoms. The first-order chi connectivity index (χ1) is 18.3. The lowest BCUT2D eigenvalue weighted by molar-refractivity contribution is -0.380. The first kappa shape index (κ1) is 27.0. The van der Waals surface area contributed by atoms with Crippen molar-refractivity contribution in [1.82, 2.24) is 0 Å². The van der Waals surface area contributed by atoms with Crippen LogP contribution in [0.3, 0.4) is 0 Å². The summed E-state index contributed by atoms with van der Waals surface area (Å²) in [6.45, 7) is -0.640. The summed E-state index contributed by atoms with van der Waals surface area (Å²) in [6.07, 6.45) is -6.54. The number of methoxy groups -OCH3 is 1. The van der Waals surface area contributed by atoms with Crippen LogP contribution in [-0.4, -0.2) is 72.2 Å². The average molecular weight is 523 g/mol. The van der Waals surface area contributed by atoms with Crippen molar-refractivity contribution in [3.63, 3.8) is 0 Å². The highest BCUT2D eigenvalue weighted by atomic mass is 16.7. The second kappa shape index (κ2) is 12.0. The molecule has 2 N–H and O–H groups in total. The van der Waals surface area contributed by atoms with Gasteiger partial charge in [-0.3, -0.25) is 0 Å². The predicted octanol–water partition coefficient (Wildman–Crippen LogP) is 2.35. The van der Waals surface area contributed by atoms with Crippen molar-refractivity contribution in [2.45, 2.75) is 30.4 Å². The molecular formula is C28H26O10. The predicted molar refractivity (Wildman–Crippen MR) is 131 cm³/mol. The number of aliphatic hydroxyl groups is 2. The van der Waals surface area contributed by atoms with Gasteiger partial charge in [-0.15, -0.1) is 0 Å². The summed E-state index contributed by atoms with van der Waals surface area (Å²) in [7, 11) is 1.24. The highest BCUT2D eigenvalue weighted by Gasteiger charge is 2.59. The van der Waals surface area contributed by atoms with Crippen LogP contribution < -0.4 is 0 Å². The van der Waals surface area contributed by atoms with Gasteiger partial charge in [0.25, 0.3) is 0 Å². The van der Waals surface area contributed by atoms with Gasteiger partial charge >= 0.3 is 17.9 Å². The Morgan fingerprint density at radius 3 is 1.66 bits per heavy atom. The zero-order valence-corrected chi connectivity index (χ0v) is 20.3. The molecule has 0 aliphatic carbocycles. The number of carbonyl (C=O) groups excluding carboxylic acids is 3. The molecule has 1 fully saturated rings. The molecule has 4 rings (SSSR count). The normalized spacial score (nSPS) is 22.2. The smallest absolute Gasteiger partial charge is 0.338 e. The molecule has 10 nitrogen and oxygen atoms in total. The maximum absolute atomic E-state index is 12.9. The van der Waals surface area contributed by atoms with Gasteiger partial charge in [0.05, 0.1) is 16.7 Å². The number of hydrogen-bond acceptors (Lipinski definition) is 10. The Morgan fingerprint density at radius 1 is 0.737 bits per heavy atom. The van der Waals surface area contributed by atoms with Crippen molar-refractivity contribution in [1.29, 1.82) is 0 Å². The van der Waals surface area contributed by atoms with Crippen LogP contribution in [0.2, 0.25) is 0 Å². The summed E-state index contributed by atoms with van der Waals surface area (Å²) in [6, 6.07) is 23.8. The quantitative estimate of drug-likeness (QED) is 0.258. The molecule has 1 heterocycles. The zero-order valence-electron chi connectivity index (χ0n) is 20.3. The van der Waals surface area contributed by atoms with E-state index in [0.717, 1.165) is 0 Å². The average Bonchev–Trinajstić information content (AvgIpc) is 2.95. The number of rotatable bonds is 8. The molecular weight excluding hydrogens is 496 g/mol. The Labute approximate surface area is 218 Å². The number of ether oxygens (including phenoxy) is 5. The third-order valence-corrected chi connectivity index (χ3v) is 5.86. The first-order valence-electron chi connectivity index (χ1n) is 11.7. The second-order valence-corrected chi connectivity index (χ2v) is 8.40. The molecule has 1 saturated heterocycles. The van der Waals surface area contributed by atoms with Crippen LogP contribution in [0.25, 0.3) is 0 Å². The Hall–Kier alpha value is -4.09. The molecule has 0 spiro atoms. The van der Waals surface area contributed by atoms with Crippen molar-refractivity contribution in [2.75, 3.05) is 13.7 Å². The van der Waals surface area contributed by atoms with E-state index >= 15 is 0 Å². The molecule has 4 atom stereocenters. The number of esters is 3. The van der Waals surface area contributed by atoms with Crippen LogP contribution >= 0.6 is 0 Å². The highest BCUT2D eigenvalue weighted by Crippen LogP contribution is 2.34. The number of carbonyl (C=O) groups is 3. The van der Waals surface area contributed by atoms with Gasteiger partial charge in [-0.05, 0) is 36.4 Å². The molecule has 3 aromatic carbocycles. The standard InChI is InChI=1S/C28H26O10/c1-34-27-22(37-25(30)19-13-7-3-8-14-19)23(38-26(31)20-15-9-4-10-16-20)28(32,33)21(36-27)17-35-24(29)18-11-5-2-6-12-18/h2-16,21-23,27,32-33H,17H2,1H3/t21-,22-,23-,27+/m1/s1. The summed E-state index contributed by atoms with van der Waals surface area (Å²) in [4.78, 5) is 38.2. The molecule has 0 saturated carbocycles. The molecule has 0 aromatic heterocycles. The fourth-order valence-corrected chi connectivity index (χ4v) is 3.86. The SMILES string of the molecule is CO[C@H]1O[C@H](COC(=O)c2ccccc2)C(O)(O)[C@H](OC(=O)c2ccccc2)[C@H]1OC(=O)c1ccccc1. The fraction of sp³-hybridized carbons (Fsp3) is 0.250. The van der Waals surface area contributed by atoms with Crippen LogP contribution in [0.4, 0.5) is 0 Å². The van der Waals surface area contributed by atoms with Crippen LogP contribution in [0.15, 0.2) is 91.0 Å². The van der Waals surface area contributed by atoms with Gasteiger partial charge in [0.2, 0.25) is 5.79 Å². The van der Waals surface area contributed by atoms with Crippen molar-refractivity contribution in [3.05, 3.63) is 108 Å². The maximum Gasteiger partial charge on any atom is 0.338 e. The summed E-state index contributed by atoms with van der Waals surface area (Å²) in [5, 5.41) is 22.3. The van der Waals surface area contributed by atoms with Crippen LogP contribution in [0.5, 0.6) is 0 Å². The van der Waals surface area contributed by atoms with E-state index in [9.17, 15) is 24.6 Å². The van der Waals surface area contributed by atoms with Crippen molar-refractivity contribution in [2.24, 2.45) is 0 Å². The van der Waals surface area contributed by atoms with E-state index in [4.69, 9.17) is 23.7 Å². The van der Waals surface area contributed by atoms with Gasteiger partial charge in [-0.1, -0.05) is 54.6 Å². The van der Waals surface area contributed by atoms with Crippen LogP contribution in [-0.2, 0) is 23.7 Å². The lowest BCUT2D eigenvalue weighted by Crippen LogP contribution is -2.69. The van der Waals surface area contributed by atoms with E-state index in [1.165, 1.54) is 43.5 Å². The van der Waals surface area contributed by atoms with E-state index in [-0.39, 0.29) is 16.7 Å². The van der Waals surface area contributed by atoms with Gasteiger partial charge in [-0.25, -0.2) is 14.4 Å². The topological polar surface area (TPSA) is 138 Å². The lowest BCUT2D eigenvalue weighted by atomic mass is 9.94. The third-order valence-electron chi connectivity index (χ3n) is 5.86. The van der Waals surface area contributed by atoms with Gasteiger partial charge in [0.1, 0.15) is 6.61 Å². The fourth-order valence-electron chi connectivity index (χ4n) is 3.86. The van der Waals surface area contributed by atoms with Crippen molar-refractivity contribution in [3.8, 4) is 0 Å². The summed E-state index contributed by atoms with van der Waals surface area (Å²) in [5.74, 6) is -5.46. The summed E-state index contributed by atoms with van der Waals surface area (Å²) < 4.78 is 27.2. The molecule has 10 heteroatoms. The minimum absolute atomic E-state index is 0.115. The van der Waals surface area contributed by atoms with Crippen molar-refractivity contribution >= 4 is 17.9 Å². The molecule has 1 aliphatic heterocycles. The molecule has 0 unspecified atom stereocenters. The molecule has 0 amide bonds. The Balaban J connectivity index is 1.60. The molecule has 1 aliphatic rings. The molecule has 198 valence electrons. The molecule has 0 radical (unpaired) electrons. The maximum atomic E-state index is 12.9. The Kier molecular flexibility index (Phi) is 8.49. The first-order valence-corrected chi connectivity index (χ1v) is 11.7. The molecule has 3 aromatic rings. The van der Waals surface area contributed by atoms with E-state index in [1.54, 1.807) is 54.6 Å². The summed E-state index contributed by atoms with van der Waals surface area (Å²) in [5.41, 5.74) is 0.509. The molecule has 38 heavy (non-hydrogen) atoms.